The van der Waals surface area contributed by atoms with E-state index in [2.05, 4.69) is 0 Å². The average molecular weight is 206 g/mol. The summed E-state index contributed by atoms with van der Waals surface area (Å²) in [5, 5.41) is 36.0. The van der Waals surface area contributed by atoms with Gasteiger partial charge in [0.25, 0.3) is 0 Å². The van der Waals surface area contributed by atoms with E-state index in [4.69, 9.17) is 10.2 Å². The van der Waals surface area contributed by atoms with Gasteiger partial charge in [-0.15, -0.1) is 0 Å². The van der Waals surface area contributed by atoms with E-state index in [9.17, 15) is 15.0 Å². The minimum absolute atomic E-state index is 0.221. The molecule has 0 aromatic carbocycles. The first-order chi connectivity index (χ1) is 6.15. The van der Waals surface area contributed by atoms with Gasteiger partial charge in [0.1, 0.15) is 6.10 Å². The number of aliphatic carboxylic acids is 1. The van der Waals surface area contributed by atoms with Crippen LogP contribution in [0.4, 0.5) is 0 Å². The van der Waals surface area contributed by atoms with Crippen LogP contribution in [0.3, 0.4) is 0 Å². The number of carbonyl (C=O) groups is 1. The van der Waals surface area contributed by atoms with E-state index >= 15 is 0 Å². The zero-order valence-corrected chi connectivity index (χ0v) is 8.64. The molecule has 0 amide bonds. The summed E-state index contributed by atoms with van der Waals surface area (Å²) >= 11 is 0. The van der Waals surface area contributed by atoms with E-state index in [0.717, 1.165) is 0 Å². The summed E-state index contributed by atoms with van der Waals surface area (Å²) in [4.78, 5) is 10.3. The molecule has 5 heteroatoms. The molecular weight excluding hydrogens is 188 g/mol. The lowest BCUT2D eigenvalue weighted by Crippen LogP contribution is -2.43. The van der Waals surface area contributed by atoms with Crippen LogP contribution in [0.2, 0.25) is 0 Å². The van der Waals surface area contributed by atoms with Crippen LogP contribution in [0.5, 0.6) is 0 Å². The van der Waals surface area contributed by atoms with Crippen LogP contribution < -0.4 is 0 Å². The maximum absolute atomic E-state index is 10.3. The first kappa shape index (κ1) is 13.4. The highest BCUT2D eigenvalue weighted by atomic mass is 16.4. The van der Waals surface area contributed by atoms with Crippen molar-refractivity contribution in [2.45, 2.75) is 45.5 Å². The number of hydrogen-bond donors (Lipinski definition) is 4. The molecule has 0 saturated heterocycles. The van der Waals surface area contributed by atoms with Crippen LogP contribution in [-0.4, -0.2) is 44.7 Å². The highest BCUT2D eigenvalue weighted by Crippen LogP contribution is 2.22. The molecule has 14 heavy (non-hydrogen) atoms. The van der Waals surface area contributed by atoms with E-state index < -0.39 is 24.3 Å². The number of carboxylic acid groups (broad SMARTS) is 1. The Hall–Kier alpha value is -0.650. The average Bonchev–Trinajstić information content (AvgIpc) is 1.98. The second kappa shape index (κ2) is 4.72. The lowest BCUT2D eigenvalue weighted by atomic mass is 9.86. The summed E-state index contributed by atoms with van der Waals surface area (Å²) in [6.07, 6.45) is -4.60. The molecule has 3 atom stereocenters. The molecule has 0 rings (SSSR count). The van der Waals surface area contributed by atoms with Crippen molar-refractivity contribution in [3.63, 3.8) is 0 Å². The van der Waals surface area contributed by atoms with E-state index in [0.29, 0.717) is 0 Å². The minimum Gasteiger partial charge on any atom is -0.479 e. The van der Waals surface area contributed by atoms with Gasteiger partial charge in [-0.2, -0.15) is 0 Å². The Bertz CT molecular complexity index is 196. The molecular formula is C9H18O5. The normalized spacial score (nSPS) is 18.7. The highest BCUT2D eigenvalue weighted by Gasteiger charge is 2.32. The third-order valence-corrected chi connectivity index (χ3v) is 1.79. The maximum Gasteiger partial charge on any atom is 0.335 e. The molecule has 84 valence electrons. The van der Waals surface area contributed by atoms with Gasteiger partial charge in [0.15, 0.2) is 6.10 Å². The maximum atomic E-state index is 10.3. The summed E-state index contributed by atoms with van der Waals surface area (Å²) in [7, 11) is 0. The van der Waals surface area contributed by atoms with Crippen molar-refractivity contribution in [3.8, 4) is 0 Å². The van der Waals surface area contributed by atoms with Gasteiger partial charge >= 0.3 is 5.97 Å². The fourth-order valence-corrected chi connectivity index (χ4v) is 1.10. The van der Waals surface area contributed by atoms with Crippen LogP contribution in [0.25, 0.3) is 0 Å². The molecule has 0 aromatic rings. The van der Waals surface area contributed by atoms with Gasteiger partial charge < -0.3 is 20.4 Å². The number of hydrogen-bond acceptors (Lipinski definition) is 4. The predicted octanol–water partition coefficient (Wildman–Crippen LogP) is -0.410. The van der Waals surface area contributed by atoms with Gasteiger partial charge in [0, 0.05) is 0 Å². The molecule has 0 aliphatic carbocycles. The first-order valence-corrected chi connectivity index (χ1v) is 4.42. The molecule has 4 N–H and O–H groups in total. The van der Waals surface area contributed by atoms with Crippen LogP contribution in [0, 0.1) is 5.41 Å². The molecule has 0 fully saturated rings. The van der Waals surface area contributed by atoms with Gasteiger partial charge in [0.05, 0.1) is 6.10 Å². The minimum atomic E-state index is -1.94. The van der Waals surface area contributed by atoms with Crippen LogP contribution in [-0.2, 0) is 4.79 Å². The SMILES string of the molecule is CC(C)(C)C[C@H](O)[C@@H](O)[C@@H](O)C(=O)O. The highest BCUT2D eigenvalue weighted by molar-refractivity contribution is 5.72. The van der Waals surface area contributed by atoms with Crippen molar-refractivity contribution in [1.82, 2.24) is 0 Å². The zero-order chi connectivity index (χ0) is 11.5. The predicted molar refractivity (Wildman–Crippen MR) is 49.7 cm³/mol. The summed E-state index contributed by atoms with van der Waals surface area (Å²) < 4.78 is 0. The second-order valence-electron chi connectivity index (χ2n) is 4.61. The number of rotatable bonds is 4. The van der Waals surface area contributed by atoms with Crippen molar-refractivity contribution in [3.05, 3.63) is 0 Å². The number of aliphatic hydroxyl groups excluding tert-OH is 3. The lowest BCUT2D eigenvalue weighted by molar-refractivity contribution is -0.159. The van der Waals surface area contributed by atoms with Crippen LogP contribution >= 0.6 is 0 Å². The Morgan fingerprint density at radius 2 is 1.64 bits per heavy atom. The van der Waals surface area contributed by atoms with Crippen molar-refractivity contribution in [1.29, 1.82) is 0 Å². The molecule has 0 aromatic heterocycles. The molecule has 0 spiro atoms. The van der Waals surface area contributed by atoms with Gasteiger partial charge in [0.2, 0.25) is 0 Å². The molecule has 0 saturated carbocycles. The van der Waals surface area contributed by atoms with Crippen molar-refractivity contribution < 1.29 is 25.2 Å². The number of aliphatic hydroxyl groups is 3. The molecule has 0 radical (unpaired) electrons. The van der Waals surface area contributed by atoms with Gasteiger partial charge in [-0.3, -0.25) is 0 Å². The number of carboxylic acids is 1. The smallest absolute Gasteiger partial charge is 0.335 e. The van der Waals surface area contributed by atoms with E-state index in [1.54, 1.807) is 0 Å². The standard InChI is InChI=1S/C9H18O5/c1-9(2,3)4-5(10)6(11)7(12)8(13)14/h5-7,10-12H,4H2,1-3H3,(H,13,14)/t5-,6+,7+/m0/s1. The van der Waals surface area contributed by atoms with Crippen LogP contribution in [0.1, 0.15) is 27.2 Å². The summed E-state index contributed by atoms with van der Waals surface area (Å²) in [5.41, 5.74) is -0.237. The largest absolute Gasteiger partial charge is 0.479 e. The topological polar surface area (TPSA) is 98.0 Å². The molecule has 0 aliphatic rings. The quantitative estimate of drug-likeness (QED) is 0.501. The lowest BCUT2D eigenvalue weighted by Gasteiger charge is -2.26. The fraction of sp³-hybridized carbons (Fsp3) is 0.889. The third kappa shape index (κ3) is 4.55. The molecule has 0 aliphatic heterocycles. The Morgan fingerprint density at radius 3 is 1.93 bits per heavy atom. The molecule has 5 nitrogen and oxygen atoms in total. The summed E-state index contributed by atoms with van der Waals surface area (Å²) in [5.74, 6) is -1.54. The van der Waals surface area contributed by atoms with E-state index in [1.807, 2.05) is 20.8 Å². The fourth-order valence-electron chi connectivity index (χ4n) is 1.10. The zero-order valence-electron chi connectivity index (χ0n) is 8.64. The van der Waals surface area contributed by atoms with Crippen LogP contribution in [0.15, 0.2) is 0 Å². The van der Waals surface area contributed by atoms with Crippen molar-refractivity contribution in [2.75, 3.05) is 0 Å². The molecule has 0 unspecified atom stereocenters. The Morgan fingerprint density at radius 1 is 1.21 bits per heavy atom. The van der Waals surface area contributed by atoms with Gasteiger partial charge in [-0.25, -0.2) is 4.79 Å². The molecule has 0 bridgehead atoms. The summed E-state index contributed by atoms with van der Waals surface area (Å²) in [6.45, 7) is 5.53. The third-order valence-electron chi connectivity index (χ3n) is 1.79. The molecule has 0 heterocycles. The van der Waals surface area contributed by atoms with E-state index in [-0.39, 0.29) is 11.8 Å². The van der Waals surface area contributed by atoms with Crippen molar-refractivity contribution in [2.24, 2.45) is 5.41 Å². The Kier molecular flexibility index (Phi) is 4.51. The second-order valence-corrected chi connectivity index (χ2v) is 4.61. The monoisotopic (exact) mass is 206 g/mol. The summed E-state index contributed by atoms with van der Waals surface area (Å²) in [6, 6.07) is 0. The Balaban J connectivity index is 4.25. The Labute approximate surface area is 83.0 Å². The van der Waals surface area contributed by atoms with Gasteiger partial charge in [-0.05, 0) is 11.8 Å². The van der Waals surface area contributed by atoms with Crippen molar-refractivity contribution >= 4 is 5.97 Å². The van der Waals surface area contributed by atoms with Gasteiger partial charge in [-0.1, -0.05) is 20.8 Å². The first-order valence-electron chi connectivity index (χ1n) is 4.42. The van der Waals surface area contributed by atoms with E-state index in [1.165, 1.54) is 0 Å².